The maximum absolute atomic E-state index is 11.9. The molecule has 2 heterocycles. The van der Waals surface area contributed by atoms with E-state index in [-0.39, 0.29) is 12.3 Å². The third-order valence-electron chi connectivity index (χ3n) is 3.27. The molecular formula is C16H15ClN4O2S. The summed E-state index contributed by atoms with van der Waals surface area (Å²) in [6.07, 6.45) is 0.674. The molecule has 0 unspecified atom stereocenters. The second kappa shape index (κ2) is 7.55. The lowest BCUT2D eigenvalue weighted by molar-refractivity contribution is -0.121. The van der Waals surface area contributed by atoms with Gasteiger partial charge in [0, 0.05) is 28.8 Å². The van der Waals surface area contributed by atoms with Crippen LogP contribution in [-0.2, 0) is 17.8 Å². The minimum absolute atomic E-state index is 0.0769. The fraction of sp³-hybridized carbons (Fsp3) is 0.250. The smallest absolute Gasteiger partial charge is 0.227 e. The normalized spacial score (nSPS) is 10.8. The van der Waals surface area contributed by atoms with Crippen LogP contribution >= 0.6 is 22.9 Å². The lowest BCUT2D eigenvalue weighted by Crippen LogP contribution is -2.23. The SMILES string of the molecule is Cc1nc(CNC(=O)CCc2nc(-c3ccc(Cl)cc3)no2)cs1. The molecule has 3 aromatic rings. The molecule has 3 rings (SSSR count). The predicted octanol–water partition coefficient (Wildman–Crippen LogP) is 3.40. The van der Waals surface area contributed by atoms with Crippen LogP contribution in [0.3, 0.4) is 0 Å². The van der Waals surface area contributed by atoms with Gasteiger partial charge in [-0.3, -0.25) is 4.79 Å². The van der Waals surface area contributed by atoms with Crippen LogP contribution in [0.5, 0.6) is 0 Å². The predicted molar refractivity (Wildman–Crippen MR) is 91.8 cm³/mol. The largest absolute Gasteiger partial charge is 0.350 e. The lowest BCUT2D eigenvalue weighted by atomic mass is 10.2. The summed E-state index contributed by atoms with van der Waals surface area (Å²) in [5.41, 5.74) is 1.69. The van der Waals surface area contributed by atoms with Gasteiger partial charge in [0.25, 0.3) is 0 Å². The highest BCUT2D eigenvalue weighted by Crippen LogP contribution is 2.19. The van der Waals surface area contributed by atoms with E-state index in [0.29, 0.717) is 29.7 Å². The average Bonchev–Trinajstić information content (AvgIpc) is 3.21. The molecule has 2 aromatic heterocycles. The van der Waals surface area contributed by atoms with Gasteiger partial charge in [0.1, 0.15) is 0 Å². The van der Waals surface area contributed by atoms with E-state index in [0.717, 1.165) is 16.3 Å². The Morgan fingerprint density at radius 1 is 1.29 bits per heavy atom. The zero-order valence-electron chi connectivity index (χ0n) is 13.0. The summed E-state index contributed by atoms with van der Waals surface area (Å²) >= 11 is 7.42. The summed E-state index contributed by atoms with van der Waals surface area (Å²) in [4.78, 5) is 20.5. The van der Waals surface area contributed by atoms with Crippen LogP contribution in [0.1, 0.15) is 23.0 Å². The molecule has 0 fully saturated rings. The molecule has 0 radical (unpaired) electrons. The number of benzene rings is 1. The zero-order valence-corrected chi connectivity index (χ0v) is 14.5. The number of amides is 1. The third kappa shape index (κ3) is 4.39. The van der Waals surface area contributed by atoms with Crippen LogP contribution in [0.15, 0.2) is 34.2 Å². The van der Waals surface area contributed by atoms with Gasteiger partial charge in [0.2, 0.25) is 17.6 Å². The molecule has 8 heteroatoms. The maximum Gasteiger partial charge on any atom is 0.227 e. The highest BCUT2D eigenvalue weighted by molar-refractivity contribution is 7.09. The van der Waals surface area contributed by atoms with Crippen molar-refractivity contribution in [3.63, 3.8) is 0 Å². The van der Waals surface area contributed by atoms with Crippen molar-refractivity contribution in [2.24, 2.45) is 0 Å². The van der Waals surface area contributed by atoms with E-state index >= 15 is 0 Å². The van der Waals surface area contributed by atoms with Crippen LogP contribution in [-0.4, -0.2) is 21.0 Å². The molecule has 0 aliphatic carbocycles. The van der Waals surface area contributed by atoms with Crippen molar-refractivity contribution in [3.8, 4) is 11.4 Å². The number of hydrogen-bond acceptors (Lipinski definition) is 6. The molecule has 0 saturated carbocycles. The summed E-state index contributed by atoms with van der Waals surface area (Å²) in [6, 6.07) is 7.17. The Bertz CT molecular complexity index is 829. The third-order valence-corrected chi connectivity index (χ3v) is 4.34. The van der Waals surface area contributed by atoms with E-state index in [4.69, 9.17) is 16.1 Å². The zero-order chi connectivity index (χ0) is 16.9. The summed E-state index contributed by atoms with van der Waals surface area (Å²) in [7, 11) is 0. The first-order valence-corrected chi connectivity index (χ1v) is 8.62. The Morgan fingerprint density at radius 3 is 2.79 bits per heavy atom. The second-order valence-electron chi connectivity index (χ2n) is 5.15. The highest BCUT2D eigenvalue weighted by atomic mass is 35.5. The number of aryl methyl sites for hydroxylation is 2. The summed E-state index contributed by atoms with van der Waals surface area (Å²) in [5, 5.41) is 10.3. The maximum atomic E-state index is 11.9. The van der Waals surface area contributed by atoms with Gasteiger partial charge in [-0.05, 0) is 31.2 Å². The lowest BCUT2D eigenvalue weighted by Gasteiger charge is -2.01. The number of carbonyl (C=O) groups excluding carboxylic acids is 1. The number of carbonyl (C=O) groups is 1. The highest BCUT2D eigenvalue weighted by Gasteiger charge is 2.11. The number of rotatable bonds is 6. The van der Waals surface area contributed by atoms with E-state index in [1.807, 2.05) is 24.4 Å². The minimum Gasteiger partial charge on any atom is -0.350 e. The van der Waals surface area contributed by atoms with Crippen LogP contribution in [0.25, 0.3) is 11.4 Å². The Morgan fingerprint density at radius 2 is 2.08 bits per heavy atom. The molecule has 1 N–H and O–H groups in total. The van der Waals surface area contributed by atoms with Gasteiger partial charge < -0.3 is 9.84 Å². The van der Waals surface area contributed by atoms with Crippen molar-refractivity contribution in [1.82, 2.24) is 20.4 Å². The van der Waals surface area contributed by atoms with Crippen LogP contribution < -0.4 is 5.32 Å². The molecule has 24 heavy (non-hydrogen) atoms. The number of nitrogens with one attached hydrogen (secondary N) is 1. The van der Waals surface area contributed by atoms with Crippen molar-refractivity contribution < 1.29 is 9.32 Å². The van der Waals surface area contributed by atoms with Gasteiger partial charge in [-0.15, -0.1) is 11.3 Å². The molecule has 1 amide bonds. The minimum atomic E-state index is -0.0769. The molecule has 1 aromatic carbocycles. The number of hydrogen-bond donors (Lipinski definition) is 1. The Balaban J connectivity index is 1.49. The fourth-order valence-electron chi connectivity index (χ4n) is 2.06. The number of halogens is 1. The Hall–Kier alpha value is -2.25. The first-order valence-electron chi connectivity index (χ1n) is 7.36. The number of aromatic nitrogens is 3. The van der Waals surface area contributed by atoms with Crippen molar-refractivity contribution in [3.05, 3.63) is 51.3 Å². The first kappa shape index (κ1) is 16.6. The number of nitrogens with zero attached hydrogens (tertiary/aromatic N) is 3. The first-order chi connectivity index (χ1) is 11.6. The van der Waals surface area contributed by atoms with Gasteiger partial charge in [-0.1, -0.05) is 16.8 Å². The molecule has 0 saturated heterocycles. The summed E-state index contributed by atoms with van der Waals surface area (Å²) in [5.74, 6) is 0.839. The van der Waals surface area contributed by atoms with E-state index in [1.54, 1.807) is 23.5 Å². The standard InChI is InChI=1S/C16H15ClN4O2S/c1-10-19-13(9-24-10)8-18-14(22)6-7-15-20-16(21-23-15)11-2-4-12(17)5-3-11/h2-5,9H,6-8H2,1H3,(H,18,22). The molecule has 0 bridgehead atoms. The van der Waals surface area contributed by atoms with Gasteiger partial charge in [0.15, 0.2) is 0 Å². The quantitative estimate of drug-likeness (QED) is 0.726. The average molecular weight is 363 g/mol. The molecule has 0 atom stereocenters. The second-order valence-corrected chi connectivity index (χ2v) is 6.65. The topological polar surface area (TPSA) is 80.9 Å². The van der Waals surface area contributed by atoms with Crippen molar-refractivity contribution >= 4 is 28.8 Å². The molecule has 6 nitrogen and oxygen atoms in total. The van der Waals surface area contributed by atoms with Crippen LogP contribution in [0.2, 0.25) is 5.02 Å². The van der Waals surface area contributed by atoms with Gasteiger partial charge in [0.05, 0.1) is 17.2 Å². The molecule has 124 valence electrons. The molecular weight excluding hydrogens is 348 g/mol. The van der Waals surface area contributed by atoms with E-state index in [1.165, 1.54) is 0 Å². The summed E-state index contributed by atoms with van der Waals surface area (Å²) in [6.45, 7) is 2.37. The van der Waals surface area contributed by atoms with Gasteiger partial charge in [-0.25, -0.2) is 4.98 Å². The van der Waals surface area contributed by atoms with Crippen molar-refractivity contribution in [2.75, 3.05) is 0 Å². The van der Waals surface area contributed by atoms with E-state index < -0.39 is 0 Å². The van der Waals surface area contributed by atoms with Crippen LogP contribution in [0, 0.1) is 6.92 Å². The monoisotopic (exact) mass is 362 g/mol. The Labute approximate surface area is 147 Å². The van der Waals surface area contributed by atoms with Crippen molar-refractivity contribution in [1.29, 1.82) is 0 Å². The Kier molecular flexibility index (Phi) is 5.22. The van der Waals surface area contributed by atoms with Crippen molar-refractivity contribution in [2.45, 2.75) is 26.3 Å². The van der Waals surface area contributed by atoms with Crippen LogP contribution in [0.4, 0.5) is 0 Å². The van der Waals surface area contributed by atoms with Gasteiger partial charge in [-0.2, -0.15) is 4.98 Å². The molecule has 0 aliphatic heterocycles. The number of thiazole rings is 1. The summed E-state index contributed by atoms with van der Waals surface area (Å²) < 4.78 is 5.18. The fourth-order valence-corrected chi connectivity index (χ4v) is 2.80. The molecule has 0 spiro atoms. The van der Waals surface area contributed by atoms with Gasteiger partial charge >= 0.3 is 0 Å². The van der Waals surface area contributed by atoms with E-state index in [9.17, 15) is 4.79 Å². The molecule has 0 aliphatic rings. The van der Waals surface area contributed by atoms with E-state index in [2.05, 4.69) is 20.4 Å².